The molecule has 4 heteroatoms. The maximum atomic E-state index is 11.7. The van der Waals surface area contributed by atoms with Gasteiger partial charge in [-0.2, -0.15) is 0 Å². The molecule has 0 aliphatic heterocycles. The van der Waals surface area contributed by atoms with E-state index in [1.807, 2.05) is 66.7 Å². The first-order valence-electron chi connectivity index (χ1n) is 7.94. The van der Waals surface area contributed by atoms with E-state index in [9.17, 15) is 4.79 Å². The van der Waals surface area contributed by atoms with Crippen LogP contribution in [0, 0.1) is 11.8 Å². The monoisotopic (exact) mass is 330 g/mol. The molecule has 0 saturated heterocycles. The van der Waals surface area contributed by atoms with Gasteiger partial charge in [-0.25, -0.2) is 4.79 Å². The molecule has 0 spiro atoms. The van der Waals surface area contributed by atoms with Gasteiger partial charge in [-0.3, -0.25) is 0 Å². The number of rotatable bonds is 3. The average molecular weight is 330 g/mol. The number of carbonyl (C=O) groups excluding carboxylic acids is 1. The van der Waals surface area contributed by atoms with Crippen LogP contribution in [-0.2, 0) is 11.3 Å². The van der Waals surface area contributed by atoms with E-state index in [1.165, 1.54) is 0 Å². The van der Waals surface area contributed by atoms with Crippen molar-refractivity contribution in [1.29, 1.82) is 0 Å². The third-order valence-corrected chi connectivity index (χ3v) is 3.71. The summed E-state index contributed by atoms with van der Waals surface area (Å²) >= 11 is 0. The number of carbonyl (C=O) groups is 1. The van der Waals surface area contributed by atoms with Crippen molar-refractivity contribution in [1.82, 2.24) is 5.32 Å². The molecule has 0 aliphatic rings. The molecule has 0 aromatic heterocycles. The first kappa shape index (κ1) is 16.4. The fourth-order valence-electron chi connectivity index (χ4n) is 2.47. The molecule has 4 nitrogen and oxygen atoms in total. The molecule has 0 radical (unpaired) electrons. The molecule has 1 amide bonds. The van der Waals surface area contributed by atoms with Crippen LogP contribution in [0.25, 0.3) is 10.8 Å². The summed E-state index contributed by atoms with van der Waals surface area (Å²) in [5.74, 6) is 6.01. The van der Waals surface area contributed by atoms with Crippen molar-refractivity contribution in [2.24, 2.45) is 0 Å². The first-order valence-corrected chi connectivity index (χ1v) is 7.94. The Hall–Kier alpha value is -3.45. The largest absolute Gasteiger partial charge is 0.445 e. The van der Waals surface area contributed by atoms with Gasteiger partial charge in [0.25, 0.3) is 0 Å². The van der Waals surface area contributed by atoms with E-state index < -0.39 is 6.09 Å². The number of ether oxygens (including phenoxy) is 1. The lowest BCUT2D eigenvalue weighted by atomic mass is 10.0. The SMILES string of the molecule is Nc1cccc2c(C#CCNC(=O)OCc3ccccc3)cccc12. The van der Waals surface area contributed by atoms with E-state index in [-0.39, 0.29) is 13.2 Å². The van der Waals surface area contributed by atoms with Gasteiger partial charge in [0, 0.05) is 16.6 Å². The van der Waals surface area contributed by atoms with Gasteiger partial charge in [-0.15, -0.1) is 0 Å². The van der Waals surface area contributed by atoms with Crippen molar-refractivity contribution < 1.29 is 9.53 Å². The molecule has 0 atom stereocenters. The molecule has 0 heterocycles. The lowest BCUT2D eigenvalue weighted by molar-refractivity contribution is 0.141. The van der Waals surface area contributed by atoms with Crippen LogP contribution in [0.3, 0.4) is 0 Å². The molecular formula is C21H18N2O2. The molecule has 0 bridgehead atoms. The lowest BCUT2D eigenvalue weighted by Gasteiger charge is -2.05. The van der Waals surface area contributed by atoms with E-state index in [2.05, 4.69) is 17.2 Å². The Bertz CT molecular complexity index is 940. The van der Waals surface area contributed by atoms with Gasteiger partial charge in [-0.05, 0) is 23.1 Å². The quantitative estimate of drug-likeness (QED) is 0.568. The molecule has 0 unspecified atom stereocenters. The topological polar surface area (TPSA) is 64.3 Å². The Morgan fingerprint density at radius 1 is 0.960 bits per heavy atom. The molecule has 3 aromatic carbocycles. The highest BCUT2D eigenvalue weighted by Crippen LogP contribution is 2.23. The summed E-state index contributed by atoms with van der Waals surface area (Å²) in [6.07, 6.45) is -0.486. The Labute approximate surface area is 146 Å². The Kier molecular flexibility index (Phi) is 5.18. The minimum Gasteiger partial charge on any atom is -0.445 e. The zero-order valence-corrected chi connectivity index (χ0v) is 13.7. The number of benzene rings is 3. The number of alkyl carbamates (subject to hydrolysis) is 1. The summed E-state index contributed by atoms with van der Waals surface area (Å²) in [7, 11) is 0. The average Bonchev–Trinajstić information content (AvgIpc) is 2.65. The lowest BCUT2D eigenvalue weighted by Crippen LogP contribution is -2.24. The Morgan fingerprint density at radius 3 is 2.56 bits per heavy atom. The molecular weight excluding hydrogens is 312 g/mol. The maximum absolute atomic E-state index is 11.7. The number of hydrogen-bond donors (Lipinski definition) is 2. The number of nitrogen functional groups attached to an aromatic ring is 1. The third-order valence-electron chi connectivity index (χ3n) is 3.71. The summed E-state index contributed by atoms with van der Waals surface area (Å²) in [6, 6.07) is 21.1. The fourth-order valence-corrected chi connectivity index (χ4v) is 2.47. The van der Waals surface area contributed by atoms with Crippen LogP contribution in [0.4, 0.5) is 10.5 Å². The van der Waals surface area contributed by atoms with Crippen LogP contribution in [0.15, 0.2) is 66.7 Å². The molecule has 0 saturated carbocycles. The van der Waals surface area contributed by atoms with Gasteiger partial charge < -0.3 is 15.8 Å². The van der Waals surface area contributed by atoms with Gasteiger partial charge in [0.2, 0.25) is 0 Å². The van der Waals surface area contributed by atoms with Gasteiger partial charge in [-0.1, -0.05) is 66.4 Å². The van der Waals surface area contributed by atoms with E-state index in [4.69, 9.17) is 10.5 Å². The van der Waals surface area contributed by atoms with Crippen molar-refractivity contribution in [3.63, 3.8) is 0 Å². The number of nitrogens with one attached hydrogen (secondary N) is 1. The predicted molar refractivity (Wildman–Crippen MR) is 99.9 cm³/mol. The second-order valence-electron chi connectivity index (χ2n) is 5.46. The maximum Gasteiger partial charge on any atom is 0.408 e. The van der Waals surface area contributed by atoms with Crippen LogP contribution in [0.1, 0.15) is 11.1 Å². The van der Waals surface area contributed by atoms with E-state index in [0.29, 0.717) is 0 Å². The Morgan fingerprint density at radius 2 is 1.72 bits per heavy atom. The minimum absolute atomic E-state index is 0.215. The highest BCUT2D eigenvalue weighted by Gasteiger charge is 2.02. The number of nitrogens with two attached hydrogens (primary N) is 1. The second kappa shape index (κ2) is 7.89. The summed E-state index contributed by atoms with van der Waals surface area (Å²) < 4.78 is 5.13. The summed E-state index contributed by atoms with van der Waals surface area (Å²) in [6.45, 7) is 0.453. The highest BCUT2D eigenvalue weighted by atomic mass is 16.5. The van der Waals surface area contributed by atoms with Gasteiger partial charge in [0.05, 0.1) is 6.54 Å². The smallest absolute Gasteiger partial charge is 0.408 e. The van der Waals surface area contributed by atoms with Gasteiger partial charge in [0.15, 0.2) is 0 Å². The van der Waals surface area contributed by atoms with Crippen molar-refractivity contribution in [3.05, 3.63) is 77.9 Å². The van der Waals surface area contributed by atoms with Gasteiger partial charge >= 0.3 is 6.09 Å². The van der Waals surface area contributed by atoms with Crippen LogP contribution < -0.4 is 11.1 Å². The third kappa shape index (κ3) is 4.30. The number of anilines is 1. The molecule has 0 aliphatic carbocycles. The van der Waals surface area contributed by atoms with E-state index in [0.717, 1.165) is 27.6 Å². The predicted octanol–water partition coefficient (Wildman–Crippen LogP) is 3.70. The van der Waals surface area contributed by atoms with Crippen LogP contribution in [0.5, 0.6) is 0 Å². The molecule has 3 N–H and O–H groups in total. The summed E-state index contributed by atoms with van der Waals surface area (Å²) in [5.41, 5.74) is 8.53. The minimum atomic E-state index is -0.486. The van der Waals surface area contributed by atoms with Crippen molar-refractivity contribution >= 4 is 22.6 Å². The summed E-state index contributed by atoms with van der Waals surface area (Å²) in [5, 5.41) is 4.60. The molecule has 124 valence electrons. The standard InChI is InChI=1S/C21H18N2O2/c22-20-13-5-11-18-17(9-4-12-19(18)20)10-6-14-23-21(24)25-15-16-7-2-1-3-8-16/h1-5,7-9,11-13H,14-15,22H2,(H,23,24). The molecule has 3 aromatic rings. The highest BCUT2D eigenvalue weighted by molar-refractivity contribution is 5.96. The molecule has 3 rings (SSSR count). The van der Waals surface area contributed by atoms with E-state index in [1.54, 1.807) is 0 Å². The number of hydrogen-bond acceptors (Lipinski definition) is 3. The van der Waals surface area contributed by atoms with E-state index >= 15 is 0 Å². The number of fused-ring (bicyclic) bond motifs is 1. The fraction of sp³-hybridized carbons (Fsp3) is 0.0952. The first-order chi connectivity index (χ1) is 12.2. The zero-order chi connectivity index (χ0) is 17.5. The number of amides is 1. The normalized spacial score (nSPS) is 9.92. The van der Waals surface area contributed by atoms with Crippen molar-refractivity contribution in [2.45, 2.75) is 6.61 Å². The molecule has 25 heavy (non-hydrogen) atoms. The van der Waals surface area contributed by atoms with Gasteiger partial charge in [0.1, 0.15) is 6.61 Å². The van der Waals surface area contributed by atoms with Crippen molar-refractivity contribution in [2.75, 3.05) is 12.3 Å². The summed E-state index contributed by atoms with van der Waals surface area (Å²) in [4.78, 5) is 11.7. The van der Waals surface area contributed by atoms with Crippen LogP contribution in [-0.4, -0.2) is 12.6 Å². The van der Waals surface area contributed by atoms with Crippen LogP contribution >= 0.6 is 0 Å². The molecule has 0 fully saturated rings. The van der Waals surface area contributed by atoms with Crippen LogP contribution in [0.2, 0.25) is 0 Å². The zero-order valence-electron chi connectivity index (χ0n) is 13.7. The second-order valence-corrected chi connectivity index (χ2v) is 5.46. The van der Waals surface area contributed by atoms with Crippen molar-refractivity contribution in [3.8, 4) is 11.8 Å². The Balaban J connectivity index is 1.56.